The molecule has 0 saturated carbocycles. The van der Waals surface area contributed by atoms with Crippen LogP contribution in [-0.2, 0) is 16.6 Å². The van der Waals surface area contributed by atoms with Crippen molar-refractivity contribution in [2.45, 2.75) is 32.2 Å². The summed E-state index contributed by atoms with van der Waals surface area (Å²) in [6.07, 6.45) is 0. The van der Waals surface area contributed by atoms with E-state index < -0.39 is 10.0 Å². The van der Waals surface area contributed by atoms with E-state index >= 15 is 0 Å². The lowest BCUT2D eigenvalue weighted by Crippen LogP contribution is -2.31. The predicted octanol–water partition coefficient (Wildman–Crippen LogP) is 2.23. The summed E-state index contributed by atoms with van der Waals surface area (Å²) in [5.41, 5.74) is 1.19. The SMILES string of the molecule is CCN(Cc1ccc2c(c1)OCO2)S(=O)(=O)c1c(C)noc1C. The van der Waals surface area contributed by atoms with E-state index in [2.05, 4.69) is 5.16 Å². The molecule has 0 N–H and O–H groups in total. The highest BCUT2D eigenvalue weighted by atomic mass is 32.2. The van der Waals surface area contributed by atoms with Gasteiger partial charge in [0, 0.05) is 13.1 Å². The predicted molar refractivity (Wildman–Crippen MR) is 81.8 cm³/mol. The second-order valence-electron chi connectivity index (χ2n) is 5.27. The number of benzene rings is 1. The minimum Gasteiger partial charge on any atom is -0.454 e. The lowest BCUT2D eigenvalue weighted by atomic mass is 10.2. The van der Waals surface area contributed by atoms with Gasteiger partial charge in [0.2, 0.25) is 16.8 Å². The van der Waals surface area contributed by atoms with Crippen LogP contribution >= 0.6 is 0 Å². The first-order chi connectivity index (χ1) is 10.9. The third-order valence-corrected chi connectivity index (χ3v) is 5.88. The van der Waals surface area contributed by atoms with Crippen molar-refractivity contribution in [1.29, 1.82) is 0 Å². The van der Waals surface area contributed by atoms with Gasteiger partial charge in [-0.3, -0.25) is 0 Å². The van der Waals surface area contributed by atoms with E-state index in [9.17, 15) is 8.42 Å². The van der Waals surface area contributed by atoms with Gasteiger partial charge in [-0.25, -0.2) is 8.42 Å². The maximum atomic E-state index is 12.9. The summed E-state index contributed by atoms with van der Waals surface area (Å²) in [5.74, 6) is 1.60. The minimum atomic E-state index is -3.68. The van der Waals surface area contributed by atoms with Crippen molar-refractivity contribution in [2.24, 2.45) is 0 Å². The zero-order valence-corrected chi connectivity index (χ0v) is 14.0. The molecule has 8 heteroatoms. The number of hydrogen-bond donors (Lipinski definition) is 0. The van der Waals surface area contributed by atoms with Gasteiger partial charge in [-0.1, -0.05) is 18.1 Å². The molecule has 0 aliphatic carbocycles. The zero-order chi connectivity index (χ0) is 16.6. The largest absolute Gasteiger partial charge is 0.454 e. The van der Waals surface area contributed by atoms with Gasteiger partial charge in [-0.15, -0.1) is 0 Å². The molecule has 0 fully saturated rings. The first kappa shape index (κ1) is 15.8. The molecule has 1 aliphatic rings. The van der Waals surface area contributed by atoms with Crippen LogP contribution in [0.15, 0.2) is 27.6 Å². The van der Waals surface area contributed by atoms with Gasteiger partial charge in [-0.2, -0.15) is 4.31 Å². The standard InChI is InChI=1S/C15H18N2O5S/c1-4-17(23(18,19)15-10(2)16-22-11(15)3)8-12-5-6-13-14(7-12)21-9-20-13/h5-7H,4,8-9H2,1-3H3. The highest BCUT2D eigenvalue weighted by molar-refractivity contribution is 7.89. The highest BCUT2D eigenvalue weighted by Crippen LogP contribution is 2.33. The van der Waals surface area contributed by atoms with Gasteiger partial charge in [0.25, 0.3) is 0 Å². The normalized spacial score (nSPS) is 13.7. The third kappa shape index (κ3) is 2.79. The maximum Gasteiger partial charge on any atom is 0.248 e. The first-order valence-electron chi connectivity index (χ1n) is 7.25. The molecular weight excluding hydrogens is 320 g/mol. The van der Waals surface area contributed by atoms with Crippen LogP contribution < -0.4 is 9.47 Å². The molecule has 2 aromatic rings. The lowest BCUT2D eigenvalue weighted by Gasteiger charge is -2.20. The Bertz CT molecular complexity index is 809. The summed E-state index contributed by atoms with van der Waals surface area (Å²) in [4.78, 5) is 0.139. The molecule has 1 aromatic carbocycles. The van der Waals surface area contributed by atoms with Gasteiger partial charge in [-0.05, 0) is 31.5 Å². The van der Waals surface area contributed by atoms with Gasteiger partial charge >= 0.3 is 0 Å². The Morgan fingerprint density at radius 2 is 1.96 bits per heavy atom. The smallest absolute Gasteiger partial charge is 0.248 e. The summed E-state index contributed by atoms with van der Waals surface area (Å²) < 4.78 is 42.7. The molecule has 7 nitrogen and oxygen atoms in total. The summed E-state index contributed by atoms with van der Waals surface area (Å²) in [6.45, 7) is 5.77. The van der Waals surface area contributed by atoms with Crippen LogP contribution in [0.4, 0.5) is 0 Å². The minimum absolute atomic E-state index is 0.139. The van der Waals surface area contributed by atoms with E-state index in [4.69, 9.17) is 14.0 Å². The fraction of sp³-hybridized carbons (Fsp3) is 0.400. The lowest BCUT2D eigenvalue weighted by molar-refractivity contribution is 0.174. The van der Waals surface area contributed by atoms with Gasteiger partial charge < -0.3 is 14.0 Å². The molecular formula is C15H18N2O5S. The average molecular weight is 338 g/mol. The van der Waals surface area contributed by atoms with Crippen LogP contribution in [0.2, 0.25) is 0 Å². The van der Waals surface area contributed by atoms with Crippen molar-refractivity contribution in [3.8, 4) is 11.5 Å². The fourth-order valence-electron chi connectivity index (χ4n) is 2.58. The van der Waals surface area contributed by atoms with E-state index in [1.54, 1.807) is 32.9 Å². The maximum absolute atomic E-state index is 12.9. The second kappa shape index (κ2) is 5.86. The Balaban J connectivity index is 1.91. The molecule has 0 bridgehead atoms. The van der Waals surface area contributed by atoms with Gasteiger partial charge in [0.15, 0.2) is 17.3 Å². The Hall–Kier alpha value is -2.06. The number of fused-ring (bicyclic) bond motifs is 1. The van der Waals surface area contributed by atoms with Crippen molar-refractivity contribution >= 4 is 10.0 Å². The Morgan fingerprint density at radius 1 is 1.22 bits per heavy atom. The molecule has 0 atom stereocenters. The third-order valence-electron chi connectivity index (χ3n) is 3.71. The Kier molecular flexibility index (Phi) is 4.03. The van der Waals surface area contributed by atoms with E-state index in [0.717, 1.165) is 5.56 Å². The fourth-order valence-corrected chi connectivity index (χ4v) is 4.31. The average Bonchev–Trinajstić information content (AvgIpc) is 3.10. The van der Waals surface area contributed by atoms with Crippen LogP contribution in [0.1, 0.15) is 23.9 Å². The van der Waals surface area contributed by atoms with Gasteiger partial charge in [0.1, 0.15) is 10.6 Å². The topological polar surface area (TPSA) is 81.9 Å². The number of aryl methyl sites for hydroxylation is 2. The van der Waals surface area contributed by atoms with Crippen molar-refractivity contribution < 1.29 is 22.4 Å². The molecule has 23 heavy (non-hydrogen) atoms. The second-order valence-corrected chi connectivity index (χ2v) is 7.15. The first-order valence-corrected chi connectivity index (χ1v) is 8.69. The molecule has 0 spiro atoms. The summed E-state index contributed by atoms with van der Waals surface area (Å²) >= 11 is 0. The molecule has 1 aliphatic heterocycles. The molecule has 0 unspecified atom stereocenters. The van der Waals surface area contributed by atoms with Crippen molar-refractivity contribution in [3.63, 3.8) is 0 Å². The number of sulfonamides is 1. The number of nitrogens with zero attached hydrogens (tertiary/aromatic N) is 2. The molecule has 2 heterocycles. The number of rotatable bonds is 5. The highest BCUT2D eigenvalue weighted by Gasteiger charge is 2.30. The zero-order valence-electron chi connectivity index (χ0n) is 13.2. The van der Waals surface area contributed by atoms with E-state index in [-0.39, 0.29) is 18.2 Å². The van der Waals surface area contributed by atoms with Crippen LogP contribution in [0, 0.1) is 13.8 Å². The van der Waals surface area contributed by atoms with E-state index in [1.807, 2.05) is 6.07 Å². The van der Waals surface area contributed by atoms with Crippen LogP contribution in [0.5, 0.6) is 11.5 Å². The number of aromatic nitrogens is 1. The van der Waals surface area contributed by atoms with Crippen molar-refractivity contribution in [2.75, 3.05) is 13.3 Å². The molecule has 1 aromatic heterocycles. The van der Waals surface area contributed by atoms with Gasteiger partial charge in [0.05, 0.1) is 0 Å². The van der Waals surface area contributed by atoms with Crippen LogP contribution in [0.25, 0.3) is 0 Å². The Labute approximate surface area is 134 Å². The monoisotopic (exact) mass is 338 g/mol. The molecule has 0 amide bonds. The quantitative estimate of drug-likeness (QED) is 0.831. The molecule has 0 saturated heterocycles. The van der Waals surface area contributed by atoms with Crippen molar-refractivity contribution in [3.05, 3.63) is 35.2 Å². The van der Waals surface area contributed by atoms with Crippen LogP contribution in [-0.4, -0.2) is 31.2 Å². The van der Waals surface area contributed by atoms with Crippen LogP contribution in [0.3, 0.4) is 0 Å². The summed E-state index contributed by atoms with van der Waals surface area (Å²) in [7, 11) is -3.68. The number of ether oxygens (including phenoxy) is 2. The number of hydrogen-bond acceptors (Lipinski definition) is 6. The summed E-state index contributed by atoms with van der Waals surface area (Å²) in [6, 6.07) is 5.42. The molecule has 3 rings (SSSR count). The molecule has 0 radical (unpaired) electrons. The Morgan fingerprint density at radius 3 is 2.61 bits per heavy atom. The van der Waals surface area contributed by atoms with Crippen molar-refractivity contribution in [1.82, 2.24) is 9.46 Å². The summed E-state index contributed by atoms with van der Waals surface area (Å²) in [5, 5.41) is 3.74. The van der Waals surface area contributed by atoms with E-state index in [1.165, 1.54) is 4.31 Å². The van der Waals surface area contributed by atoms with E-state index in [0.29, 0.717) is 29.5 Å². The molecule has 124 valence electrons.